The number of nitrogens with one attached hydrogen (secondary N) is 1. The van der Waals surface area contributed by atoms with Crippen LogP contribution in [0, 0.1) is 0 Å². The van der Waals surface area contributed by atoms with Crippen molar-refractivity contribution in [2.24, 2.45) is 10.9 Å². The van der Waals surface area contributed by atoms with Gasteiger partial charge in [0.2, 0.25) is 0 Å². The van der Waals surface area contributed by atoms with Crippen LogP contribution in [-0.2, 0) is 6.42 Å². The van der Waals surface area contributed by atoms with Gasteiger partial charge in [0.1, 0.15) is 12.1 Å². The average molecular weight is 260 g/mol. The Bertz CT molecular complexity index is 576. The fourth-order valence-electron chi connectivity index (χ4n) is 1.48. The zero-order chi connectivity index (χ0) is 13.7. The van der Waals surface area contributed by atoms with E-state index < -0.39 is 0 Å². The van der Waals surface area contributed by atoms with Gasteiger partial charge in [-0.2, -0.15) is 0 Å². The molecule has 98 valence electrons. The van der Waals surface area contributed by atoms with E-state index >= 15 is 0 Å². The first kappa shape index (κ1) is 12.6. The van der Waals surface area contributed by atoms with E-state index in [0.29, 0.717) is 12.1 Å². The quantitative estimate of drug-likeness (QED) is 0.331. The Morgan fingerprint density at radius 3 is 2.68 bits per heavy atom. The fraction of sp³-hybridized carbons (Fsp3) is 0.0833. The Hall–Kier alpha value is -2.83. The zero-order valence-electron chi connectivity index (χ0n) is 9.91. The molecule has 1 aromatic heterocycles. The van der Waals surface area contributed by atoms with Crippen molar-refractivity contribution in [1.82, 2.24) is 5.16 Å². The minimum Gasteiger partial charge on any atom is -0.409 e. The van der Waals surface area contributed by atoms with Crippen LogP contribution >= 0.6 is 0 Å². The van der Waals surface area contributed by atoms with E-state index in [4.69, 9.17) is 10.9 Å². The second-order valence-corrected chi connectivity index (χ2v) is 3.80. The normalized spacial score (nSPS) is 11.3. The number of oxime groups is 1. The van der Waals surface area contributed by atoms with E-state index in [1.807, 2.05) is 0 Å². The Balaban J connectivity index is 2.01. The van der Waals surface area contributed by atoms with Crippen molar-refractivity contribution in [2.45, 2.75) is 6.42 Å². The molecule has 7 nitrogen and oxygen atoms in total. The smallest absolute Gasteiger partial charge is 0.277 e. The van der Waals surface area contributed by atoms with Gasteiger partial charge < -0.3 is 20.8 Å². The number of aromatic nitrogens is 1. The molecule has 0 aliphatic heterocycles. The number of nitrogens with two attached hydrogens (primary N) is 1. The van der Waals surface area contributed by atoms with Gasteiger partial charge in [-0.3, -0.25) is 4.79 Å². The number of amidine groups is 1. The van der Waals surface area contributed by atoms with Crippen molar-refractivity contribution < 1.29 is 14.5 Å². The third kappa shape index (κ3) is 3.32. The predicted molar refractivity (Wildman–Crippen MR) is 68.0 cm³/mol. The molecule has 0 saturated heterocycles. The third-order valence-electron chi connectivity index (χ3n) is 2.40. The fourth-order valence-corrected chi connectivity index (χ4v) is 1.48. The van der Waals surface area contributed by atoms with E-state index in [2.05, 4.69) is 20.2 Å². The molecule has 4 N–H and O–H groups in total. The summed E-state index contributed by atoms with van der Waals surface area (Å²) >= 11 is 0. The number of anilines is 1. The maximum atomic E-state index is 11.7. The molecule has 0 unspecified atom stereocenters. The first-order valence-electron chi connectivity index (χ1n) is 5.46. The molecule has 0 aliphatic rings. The first-order chi connectivity index (χ1) is 9.19. The number of hydrogen-bond donors (Lipinski definition) is 3. The van der Waals surface area contributed by atoms with Crippen LogP contribution in [0.5, 0.6) is 0 Å². The highest BCUT2D eigenvalue weighted by molar-refractivity contribution is 6.02. The molecule has 2 rings (SSSR count). The third-order valence-corrected chi connectivity index (χ3v) is 2.40. The van der Waals surface area contributed by atoms with Crippen LogP contribution < -0.4 is 11.1 Å². The van der Waals surface area contributed by atoms with Crippen molar-refractivity contribution in [3.63, 3.8) is 0 Å². The molecule has 0 bridgehead atoms. The number of rotatable bonds is 4. The number of hydrogen-bond acceptors (Lipinski definition) is 5. The summed E-state index contributed by atoms with van der Waals surface area (Å²) in [7, 11) is 0. The number of carbonyl (C=O) groups excluding carboxylic acids is 1. The standard InChI is InChI=1S/C12H12N4O3/c13-11(15-18)7-8-1-3-9(4-2-8)14-12(17)10-5-6-19-16-10/h1-6,18H,7H2,(H2,13,15)(H,14,17). The Labute approximate surface area is 108 Å². The van der Waals surface area contributed by atoms with Gasteiger partial charge >= 0.3 is 0 Å². The van der Waals surface area contributed by atoms with Gasteiger partial charge in [-0.1, -0.05) is 22.4 Å². The van der Waals surface area contributed by atoms with E-state index in [-0.39, 0.29) is 17.4 Å². The number of amides is 1. The van der Waals surface area contributed by atoms with Gasteiger partial charge in [0.15, 0.2) is 5.69 Å². The summed E-state index contributed by atoms with van der Waals surface area (Å²) in [5.74, 6) is -0.225. The molecule has 7 heteroatoms. The summed E-state index contributed by atoms with van der Waals surface area (Å²) in [5, 5.41) is 17.6. The molecule has 0 aliphatic carbocycles. The molecular weight excluding hydrogens is 248 g/mol. The number of benzene rings is 1. The molecule has 0 saturated carbocycles. The summed E-state index contributed by atoms with van der Waals surface area (Å²) in [5.41, 5.74) is 7.10. The number of carbonyl (C=O) groups is 1. The Morgan fingerprint density at radius 1 is 1.37 bits per heavy atom. The van der Waals surface area contributed by atoms with Gasteiger partial charge in [0, 0.05) is 18.2 Å². The van der Waals surface area contributed by atoms with Gasteiger partial charge in [0.25, 0.3) is 5.91 Å². The molecule has 1 aromatic carbocycles. The van der Waals surface area contributed by atoms with Crippen LogP contribution in [-0.4, -0.2) is 22.1 Å². The lowest BCUT2D eigenvalue weighted by Crippen LogP contribution is -2.15. The van der Waals surface area contributed by atoms with Crippen LogP contribution in [0.1, 0.15) is 16.1 Å². The van der Waals surface area contributed by atoms with Crippen LogP contribution in [0.4, 0.5) is 5.69 Å². The molecule has 0 fully saturated rings. The highest BCUT2D eigenvalue weighted by Gasteiger charge is 2.08. The molecule has 0 atom stereocenters. The van der Waals surface area contributed by atoms with E-state index in [0.717, 1.165) is 5.56 Å². The summed E-state index contributed by atoms with van der Waals surface area (Å²) < 4.78 is 4.59. The molecule has 1 heterocycles. The summed E-state index contributed by atoms with van der Waals surface area (Å²) in [6.07, 6.45) is 1.67. The molecule has 0 radical (unpaired) electrons. The molecule has 0 spiro atoms. The average Bonchev–Trinajstić information content (AvgIpc) is 2.95. The Morgan fingerprint density at radius 2 is 2.11 bits per heavy atom. The van der Waals surface area contributed by atoms with Gasteiger partial charge in [-0.05, 0) is 17.7 Å². The lowest BCUT2D eigenvalue weighted by atomic mass is 10.1. The first-order valence-corrected chi connectivity index (χ1v) is 5.46. The zero-order valence-corrected chi connectivity index (χ0v) is 9.91. The maximum absolute atomic E-state index is 11.7. The lowest BCUT2D eigenvalue weighted by Gasteiger charge is -2.04. The van der Waals surface area contributed by atoms with Crippen molar-refractivity contribution in [3.8, 4) is 0 Å². The summed E-state index contributed by atoms with van der Waals surface area (Å²) in [6, 6.07) is 8.46. The van der Waals surface area contributed by atoms with E-state index in [1.165, 1.54) is 12.3 Å². The van der Waals surface area contributed by atoms with Crippen molar-refractivity contribution in [2.75, 3.05) is 5.32 Å². The van der Waals surface area contributed by atoms with Crippen LogP contribution in [0.15, 0.2) is 46.3 Å². The molecule has 1 amide bonds. The van der Waals surface area contributed by atoms with Gasteiger partial charge in [0.05, 0.1) is 0 Å². The maximum Gasteiger partial charge on any atom is 0.277 e. The van der Waals surface area contributed by atoms with Crippen molar-refractivity contribution >= 4 is 17.4 Å². The number of nitrogens with zero attached hydrogens (tertiary/aromatic N) is 2. The molecular formula is C12H12N4O3. The van der Waals surface area contributed by atoms with Crippen LogP contribution in [0.25, 0.3) is 0 Å². The Kier molecular flexibility index (Phi) is 3.77. The summed E-state index contributed by atoms with van der Waals surface area (Å²) in [6.45, 7) is 0. The van der Waals surface area contributed by atoms with Crippen molar-refractivity contribution in [1.29, 1.82) is 0 Å². The lowest BCUT2D eigenvalue weighted by molar-refractivity contribution is 0.101. The van der Waals surface area contributed by atoms with E-state index in [1.54, 1.807) is 24.3 Å². The monoisotopic (exact) mass is 260 g/mol. The van der Waals surface area contributed by atoms with Gasteiger partial charge in [-0.15, -0.1) is 0 Å². The van der Waals surface area contributed by atoms with Crippen molar-refractivity contribution in [3.05, 3.63) is 47.9 Å². The predicted octanol–water partition coefficient (Wildman–Crippen LogP) is 1.22. The van der Waals surface area contributed by atoms with Crippen LogP contribution in [0.3, 0.4) is 0 Å². The van der Waals surface area contributed by atoms with Gasteiger partial charge in [-0.25, -0.2) is 0 Å². The topological polar surface area (TPSA) is 114 Å². The minimum atomic E-state index is -0.349. The van der Waals surface area contributed by atoms with E-state index in [9.17, 15) is 4.79 Å². The van der Waals surface area contributed by atoms with Crippen LogP contribution in [0.2, 0.25) is 0 Å². The second kappa shape index (κ2) is 5.67. The SMILES string of the molecule is NC(Cc1ccc(NC(=O)c2ccon2)cc1)=NO. The highest BCUT2D eigenvalue weighted by Crippen LogP contribution is 2.11. The minimum absolute atomic E-state index is 0.124. The molecule has 19 heavy (non-hydrogen) atoms. The molecule has 2 aromatic rings. The second-order valence-electron chi connectivity index (χ2n) is 3.80. The summed E-state index contributed by atoms with van der Waals surface area (Å²) in [4.78, 5) is 11.7. The largest absolute Gasteiger partial charge is 0.409 e. The highest BCUT2D eigenvalue weighted by atomic mass is 16.5.